The molecule has 0 spiro atoms. The number of hydrazone groups is 1. The summed E-state index contributed by atoms with van der Waals surface area (Å²) in [5.41, 5.74) is 6.06. The molecule has 0 saturated carbocycles. The molecule has 4 heteroatoms. The first kappa shape index (κ1) is 17.7. The van der Waals surface area contributed by atoms with Gasteiger partial charge in [-0.3, -0.25) is 4.79 Å². The van der Waals surface area contributed by atoms with Crippen LogP contribution in [0.4, 0.5) is 0 Å². The maximum Gasteiger partial charge on any atom is 0.271 e. The zero-order chi connectivity index (χ0) is 17.7. The summed E-state index contributed by atoms with van der Waals surface area (Å²) in [6.07, 6.45) is 0. The molecule has 2 aromatic rings. The zero-order valence-electron chi connectivity index (χ0n) is 14.9. The number of methoxy groups -OCH3 is 1. The van der Waals surface area contributed by atoms with E-state index in [1.807, 2.05) is 55.5 Å². The largest absolute Gasteiger partial charge is 0.497 e. The highest BCUT2D eigenvalue weighted by Crippen LogP contribution is 2.22. The normalized spacial score (nSPS) is 12.0. The number of hydrogen-bond donors (Lipinski definition) is 1. The average molecular weight is 324 g/mol. The number of ether oxygens (including phenoxy) is 1. The first-order chi connectivity index (χ1) is 11.3. The minimum absolute atomic E-state index is 0.0656. The van der Waals surface area contributed by atoms with Gasteiger partial charge in [0, 0.05) is 11.1 Å². The number of carbonyl (C=O) groups excluding carboxylic acids is 1. The second-order valence-corrected chi connectivity index (χ2v) is 6.70. The number of hydrogen-bond acceptors (Lipinski definition) is 3. The lowest BCUT2D eigenvalue weighted by molar-refractivity contribution is 0.0955. The molecule has 0 fully saturated rings. The van der Waals surface area contributed by atoms with Gasteiger partial charge in [-0.05, 0) is 42.2 Å². The van der Waals surface area contributed by atoms with E-state index in [4.69, 9.17) is 4.74 Å². The molecule has 0 saturated heterocycles. The van der Waals surface area contributed by atoms with E-state index in [9.17, 15) is 4.79 Å². The van der Waals surface area contributed by atoms with E-state index in [-0.39, 0.29) is 11.3 Å². The lowest BCUT2D eigenvalue weighted by atomic mass is 9.87. The fourth-order valence-electron chi connectivity index (χ4n) is 2.23. The highest BCUT2D eigenvalue weighted by molar-refractivity contribution is 6.01. The van der Waals surface area contributed by atoms with Crippen molar-refractivity contribution in [3.05, 3.63) is 65.2 Å². The van der Waals surface area contributed by atoms with Crippen LogP contribution in [0, 0.1) is 0 Å². The summed E-state index contributed by atoms with van der Waals surface area (Å²) in [4.78, 5) is 12.2. The second kappa shape index (κ2) is 7.30. The van der Waals surface area contributed by atoms with E-state index in [0.717, 1.165) is 11.3 Å². The Balaban J connectivity index is 2.08. The maximum atomic E-state index is 12.2. The van der Waals surface area contributed by atoms with Crippen molar-refractivity contribution in [2.75, 3.05) is 7.11 Å². The predicted molar refractivity (Wildman–Crippen MR) is 97.8 cm³/mol. The SMILES string of the molecule is COc1cccc(/C(C)=N\NC(=O)c2ccc(C(C)(C)C)cc2)c1. The van der Waals surface area contributed by atoms with Crippen LogP contribution in [0.15, 0.2) is 53.6 Å². The van der Waals surface area contributed by atoms with E-state index >= 15 is 0 Å². The molecule has 0 aromatic heterocycles. The molecule has 4 nitrogen and oxygen atoms in total. The van der Waals surface area contributed by atoms with Crippen LogP contribution < -0.4 is 10.2 Å². The van der Waals surface area contributed by atoms with Crippen LogP contribution in [-0.4, -0.2) is 18.7 Å². The van der Waals surface area contributed by atoms with Gasteiger partial charge in [-0.2, -0.15) is 5.10 Å². The van der Waals surface area contributed by atoms with Gasteiger partial charge in [0.15, 0.2) is 0 Å². The van der Waals surface area contributed by atoms with Gasteiger partial charge in [0.25, 0.3) is 5.91 Å². The molecule has 0 atom stereocenters. The van der Waals surface area contributed by atoms with Crippen molar-refractivity contribution in [3.63, 3.8) is 0 Å². The van der Waals surface area contributed by atoms with Gasteiger partial charge >= 0.3 is 0 Å². The van der Waals surface area contributed by atoms with E-state index in [0.29, 0.717) is 11.3 Å². The Kier molecular flexibility index (Phi) is 5.39. The monoisotopic (exact) mass is 324 g/mol. The number of amides is 1. The van der Waals surface area contributed by atoms with E-state index in [1.54, 1.807) is 7.11 Å². The summed E-state index contributed by atoms with van der Waals surface area (Å²) in [6, 6.07) is 15.2. The van der Waals surface area contributed by atoms with E-state index in [2.05, 4.69) is 31.3 Å². The van der Waals surface area contributed by atoms with Gasteiger partial charge in [-0.1, -0.05) is 45.0 Å². The Bertz CT molecular complexity index is 741. The highest BCUT2D eigenvalue weighted by atomic mass is 16.5. The fourth-order valence-corrected chi connectivity index (χ4v) is 2.23. The third kappa shape index (κ3) is 4.44. The van der Waals surface area contributed by atoms with Crippen LogP contribution in [0.3, 0.4) is 0 Å². The summed E-state index contributed by atoms with van der Waals surface area (Å²) >= 11 is 0. The first-order valence-corrected chi connectivity index (χ1v) is 7.91. The van der Waals surface area contributed by atoms with Gasteiger partial charge in [0.05, 0.1) is 12.8 Å². The maximum absolute atomic E-state index is 12.2. The minimum atomic E-state index is -0.224. The summed E-state index contributed by atoms with van der Waals surface area (Å²) < 4.78 is 5.20. The summed E-state index contributed by atoms with van der Waals surface area (Å²) in [5.74, 6) is 0.531. The molecule has 0 unspecified atom stereocenters. The van der Waals surface area contributed by atoms with Crippen molar-refractivity contribution >= 4 is 11.6 Å². The Morgan fingerprint density at radius 2 is 1.71 bits per heavy atom. The molecule has 0 aliphatic heterocycles. The van der Waals surface area contributed by atoms with Crippen molar-refractivity contribution < 1.29 is 9.53 Å². The Hall–Kier alpha value is -2.62. The Labute approximate surface area is 143 Å². The van der Waals surface area contributed by atoms with Crippen LogP contribution >= 0.6 is 0 Å². The molecule has 0 radical (unpaired) electrons. The number of nitrogens with one attached hydrogen (secondary N) is 1. The molecule has 1 N–H and O–H groups in total. The number of benzene rings is 2. The van der Waals surface area contributed by atoms with Crippen LogP contribution in [0.25, 0.3) is 0 Å². The summed E-state index contributed by atoms with van der Waals surface area (Å²) in [6.45, 7) is 8.27. The van der Waals surface area contributed by atoms with Gasteiger partial charge in [0.1, 0.15) is 5.75 Å². The van der Waals surface area contributed by atoms with Crippen LogP contribution in [0.2, 0.25) is 0 Å². The van der Waals surface area contributed by atoms with Gasteiger partial charge in [-0.25, -0.2) is 5.43 Å². The summed E-state index contributed by atoms with van der Waals surface area (Å²) in [7, 11) is 1.62. The third-order valence-electron chi connectivity index (χ3n) is 3.83. The lowest BCUT2D eigenvalue weighted by Gasteiger charge is -2.18. The van der Waals surface area contributed by atoms with E-state index < -0.39 is 0 Å². The van der Waals surface area contributed by atoms with Gasteiger partial charge in [-0.15, -0.1) is 0 Å². The molecule has 2 aromatic carbocycles. The predicted octanol–water partition coefficient (Wildman–Crippen LogP) is 4.15. The average Bonchev–Trinajstić information content (AvgIpc) is 2.58. The zero-order valence-corrected chi connectivity index (χ0v) is 14.9. The fraction of sp³-hybridized carbons (Fsp3) is 0.300. The topological polar surface area (TPSA) is 50.7 Å². The molecular formula is C20H24N2O2. The molecule has 24 heavy (non-hydrogen) atoms. The third-order valence-corrected chi connectivity index (χ3v) is 3.83. The van der Waals surface area contributed by atoms with Crippen LogP contribution in [0.5, 0.6) is 5.75 Å². The van der Waals surface area contributed by atoms with E-state index in [1.165, 1.54) is 5.56 Å². The van der Waals surface area contributed by atoms with Crippen molar-refractivity contribution in [1.82, 2.24) is 5.43 Å². The van der Waals surface area contributed by atoms with Crippen molar-refractivity contribution in [1.29, 1.82) is 0 Å². The molecule has 0 aliphatic rings. The standard InChI is InChI=1S/C20H24N2O2/c1-14(16-7-6-8-18(13-16)24-5)21-22-19(23)15-9-11-17(12-10-15)20(2,3)4/h6-13H,1-5H3,(H,22,23)/b21-14-. The molecular weight excluding hydrogens is 300 g/mol. The quantitative estimate of drug-likeness (QED) is 0.678. The summed E-state index contributed by atoms with van der Waals surface area (Å²) in [5, 5.41) is 4.18. The van der Waals surface area contributed by atoms with Crippen molar-refractivity contribution in [2.45, 2.75) is 33.1 Å². The lowest BCUT2D eigenvalue weighted by Crippen LogP contribution is -2.20. The van der Waals surface area contributed by atoms with Crippen molar-refractivity contribution in [2.24, 2.45) is 5.10 Å². The van der Waals surface area contributed by atoms with Crippen LogP contribution in [0.1, 0.15) is 49.2 Å². The highest BCUT2D eigenvalue weighted by Gasteiger charge is 2.14. The molecule has 0 bridgehead atoms. The Morgan fingerprint density at radius 1 is 1.04 bits per heavy atom. The van der Waals surface area contributed by atoms with Gasteiger partial charge < -0.3 is 4.74 Å². The number of carbonyl (C=O) groups is 1. The van der Waals surface area contributed by atoms with Gasteiger partial charge in [0.2, 0.25) is 0 Å². The molecule has 0 aliphatic carbocycles. The van der Waals surface area contributed by atoms with Crippen LogP contribution in [-0.2, 0) is 5.41 Å². The number of rotatable bonds is 4. The minimum Gasteiger partial charge on any atom is -0.497 e. The molecule has 0 heterocycles. The Morgan fingerprint density at radius 3 is 2.29 bits per heavy atom. The number of nitrogens with zero attached hydrogens (tertiary/aromatic N) is 1. The molecule has 126 valence electrons. The smallest absolute Gasteiger partial charge is 0.271 e. The second-order valence-electron chi connectivity index (χ2n) is 6.70. The molecule has 1 amide bonds. The molecule has 2 rings (SSSR count). The first-order valence-electron chi connectivity index (χ1n) is 7.91. The van der Waals surface area contributed by atoms with Crippen molar-refractivity contribution in [3.8, 4) is 5.75 Å².